The summed E-state index contributed by atoms with van der Waals surface area (Å²) < 4.78 is 17.1. The van der Waals surface area contributed by atoms with Gasteiger partial charge in [-0.2, -0.15) is 0 Å². The van der Waals surface area contributed by atoms with Gasteiger partial charge in [0.05, 0.1) is 37.1 Å². The number of benzene rings is 3. The molecule has 39 heavy (non-hydrogen) atoms. The van der Waals surface area contributed by atoms with Gasteiger partial charge in [0.2, 0.25) is 5.91 Å². The summed E-state index contributed by atoms with van der Waals surface area (Å²) in [6.07, 6.45) is 2.55. The summed E-state index contributed by atoms with van der Waals surface area (Å²) >= 11 is 0. The molecule has 0 saturated heterocycles. The van der Waals surface area contributed by atoms with Gasteiger partial charge < -0.3 is 24.8 Å². The first-order valence-electron chi connectivity index (χ1n) is 12.8. The number of anilines is 2. The third-order valence-corrected chi connectivity index (χ3v) is 6.98. The van der Waals surface area contributed by atoms with Crippen LogP contribution in [0.5, 0.6) is 11.5 Å². The van der Waals surface area contributed by atoms with Gasteiger partial charge in [-0.05, 0) is 61.0 Å². The molecule has 9 nitrogen and oxygen atoms in total. The molecule has 2 amide bonds. The van der Waals surface area contributed by atoms with E-state index < -0.39 is 0 Å². The quantitative estimate of drug-likeness (QED) is 0.431. The van der Waals surface area contributed by atoms with Crippen molar-refractivity contribution in [3.63, 3.8) is 0 Å². The molecule has 0 aliphatic carbocycles. The average molecular weight is 529 g/mol. The van der Waals surface area contributed by atoms with Crippen molar-refractivity contribution >= 4 is 35.1 Å². The summed E-state index contributed by atoms with van der Waals surface area (Å²) in [6.45, 7) is 2.38. The fourth-order valence-corrected chi connectivity index (χ4v) is 4.90. The molecule has 3 aromatic carbocycles. The molecule has 5 rings (SSSR count). The predicted octanol–water partition coefficient (Wildman–Crippen LogP) is 4.25. The SMILES string of the molecule is CNC(C)C(=O)Nc1cc(COC)cc(COc2cc3c(cc2OC)C(=O)N2c4ccccc4CC2C=N3)c1. The summed E-state index contributed by atoms with van der Waals surface area (Å²) in [5.41, 5.74) is 5.42. The van der Waals surface area contributed by atoms with Gasteiger partial charge >= 0.3 is 0 Å². The van der Waals surface area contributed by atoms with E-state index in [2.05, 4.69) is 15.6 Å². The molecule has 202 valence electrons. The van der Waals surface area contributed by atoms with Crippen LogP contribution in [0.15, 0.2) is 59.6 Å². The number of likely N-dealkylation sites (N-methyl/N-ethyl adjacent to an activating group) is 1. The Bertz CT molecular complexity index is 1440. The molecule has 0 radical (unpaired) electrons. The van der Waals surface area contributed by atoms with Crippen LogP contribution in [0.1, 0.15) is 34.0 Å². The van der Waals surface area contributed by atoms with E-state index in [1.165, 1.54) is 0 Å². The maximum absolute atomic E-state index is 13.6. The summed E-state index contributed by atoms with van der Waals surface area (Å²) in [4.78, 5) is 32.5. The highest BCUT2D eigenvalue weighted by Crippen LogP contribution is 2.41. The highest BCUT2D eigenvalue weighted by atomic mass is 16.5. The Labute approximate surface area is 227 Å². The minimum atomic E-state index is -0.341. The molecular weight excluding hydrogens is 496 g/mol. The number of fused-ring (bicyclic) bond motifs is 4. The van der Waals surface area contributed by atoms with Crippen LogP contribution in [0.25, 0.3) is 0 Å². The maximum Gasteiger partial charge on any atom is 0.261 e. The van der Waals surface area contributed by atoms with Crippen LogP contribution < -0.4 is 25.0 Å². The Kier molecular flexibility index (Phi) is 7.63. The van der Waals surface area contributed by atoms with Gasteiger partial charge in [-0.15, -0.1) is 0 Å². The molecule has 2 heterocycles. The van der Waals surface area contributed by atoms with Crippen LogP contribution in [-0.4, -0.2) is 51.4 Å². The molecule has 2 atom stereocenters. The fourth-order valence-electron chi connectivity index (χ4n) is 4.90. The second-order valence-electron chi connectivity index (χ2n) is 9.63. The van der Waals surface area contributed by atoms with Gasteiger partial charge in [-0.25, -0.2) is 0 Å². The van der Waals surface area contributed by atoms with Crippen molar-refractivity contribution in [3.8, 4) is 11.5 Å². The van der Waals surface area contributed by atoms with Crippen molar-refractivity contribution in [3.05, 3.63) is 76.9 Å². The smallest absolute Gasteiger partial charge is 0.261 e. The standard InChI is InChI=1S/C30H32N4O5/c1-18(31-2)29(35)33-22-10-19(16-37-3)9-20(11-22)17-39-28-14-25-24(13-27(28)38-4)30(36)34-23(15-32-25)12-21-7-5-6-8-26(21)34/h5-11,13-15,18,23,31H,12,16-17H2,1-4H3,(H,33,35). The molecule has 2 aliphatic heterocycles. The van der Waals surface area contributed by atoms with E-state index in [-0.39, 0.29) is 30.5 Å². The Morgan fingerprint density at radius 1 is 1.08 bits per heavy atom. The number of nitrogens with one attached hydrogen (secondary N) is 2. The lowest BCUT2D eigenvalue weighted by Gasteiger charge is -2.22. The summed E-state index contributed by atoms with van der Waals surface area (Å²) in [5.74, 6) is 0.644. The number of para-hydroxylation sites is 1. The number of nitrogens with zero attached hydrogens (tertiary/aromatic N) is 2. The molecule has 0 aromatic heterocycles. The number of ether oxygens (including phenoxy) is 3. The Morgan fingerprint density at radius 2 is 1.85 bits per heavy atom. The largest absolute Gasteiger partial charge is 0.493 e. The third kappa shape index (κ3) is 5.36. The highest BCUT2D eigenvalue weighted by Gasteiger charge is 2.36. The van der Waals surface area contributed by atoms with Gasteiger partial charge in [-0.3, -0.25) is 19.5 Å². The average Bonchev–Trinajstić information content (AvgIpc) is 3.26. The van der Waals surface area contributed by atoms with Crippen LogP contribution in [0, 0.1) is 0 Å². The monoisotopic (exact) mass is 528 g/mol. The lowest BCUT2D eigenvalue weighted by molar-refractivity contribution is -0.117. The van der Waals surface area contributed by atoms with E-state index in [1.54, 1.807) is 45.2 Å². The number of carbonyl (C=O) groups excluding carboxylic acids is 2. The molecule has 0 spiro atoms. The second-order valence-corrected chi connectivity index (χ2v) is 9.63. The molecule has 2 N–H and O–H groups in total. The zero-order chi connectivity index (χ0) is 27.5. The van der Waals surface area contributed by atoms with E-state index in [4.69, 9.17) is 14.2 Å². The molecule has 2 aliphatic rings. The normalized spacial score (nSPS) is 16.2. The van der Waals surface area contributed by atoms with Crippen LogP contribution >= 0.6 is 0 Å². The van der Waals surface area contributed by atoms with Crippen LogP contribution in [0.3, 0.4) is 0 Å². The van der Waals surface area contributed by atoms with Crippen molar-refractivity contribution in [2.75, 3.05) is 31.5 Å². The first-order chi connectivity index (χ1) is 18.9. The third-order valence-electron chi connectivity index (χ3n) is 6.98. The number of hydrogen-bond acceptors (Lipinski definition) is 7. The lowest BCUT2D eigenvalue weighted by Crippen LogP contribution is -2.37. The Balaban J connectivity index is 1.40. The van der Waals surface area contributed by atoms with Gasteiger partial charge in [0, 0.05) is 37.2 Å². The molecule has 3 aromatic rings. The summed E-state index contributed by atoms with van der Waals surface area (Å²) in [7, 11) is 4.90. The number of rotatable bonds is 9. The number of aliphatic imine (C=N–C) groups is 1. The van der Waals surface area contributed by atoms with Crippen molar-refractivity contribution in [2.45, 2.75) is 38.6 Å². The predicted molar refractivity (Wildman–Crippen MR) is 151 cm³/mol. The number of amides is 2. The van der Waals surface area contributed by atoms with E-state index in [0.717, 1.165) is 28.8 Å². The minimum Gasteiger partial charge on any atom is -0.493 e. The fraction of sp³-hybridized carbons (Fsp3) is 0.300. The van der Waals surface area contributed by atoms with E-state index >= 15 is 0 Å². The van der Waals surface area contributed by atoms with Gasteiger partial charge in [0.1, 0.15) is 6.61 Å². The molecule has 2 unspecified atom stereocenters. The Morgan fingerprint density at radius 3 is 2.59 bits per heavy atom. The van der Waals surface area contributed by atoms with Crippen molar-refractivity contribution < 1.29 is 23.8 Å². The van der Waals surface area contributed by atoms with Crippen molar-refractivity contribution in [1.82, 2.24) is 5.32 Å². The molecular formula is C30H32N4O5. The highest BCUT2D eigenvalue weighted by molar-refractivity contribution is 6.14. The first-order valence-corrected chi connectivity index (χ1v) is 12.8. The van der Waals surface area contributed by atoms with E-state index in [9.17, 15) is 9.59 Å². The molecule has 0 fully saturated rings. The first kappa shape index (κ1) is 26.4. The zero-order valence-corrected chi connectivity index (χ0v) is 22.5. The van der Waals surface area contributed by atoms with Gasteiger partial charge in [0.15, 0.2) is 11.5 Å². The van der Waals surface area contributed by atoms with Gasteiger partial charge in [-0.1, -0.05) is 18.2 Å². The van der Waals surface area contributed by atoms with Crippen LogP contribution in [-0.2, 0) is 29.2 Å². The van der Waals surface area contributed by atoms with Gasteiger partial charge in [0.25, 0.3) is 5.91 Å². The lowest BCUT2D eigenvalue weighted by atomic mass is 10.1. The number of carbonyl (C=O) groups is 2. The molecule has 0 bridgehead atoms. The van der Waals surface area contributed by atoms with E-state index in [1.807, 2.05) is 48.7 Å². The summed E-state index contributed by atoms with van der Waals surface area (Å²) in [5, 5.41) is 5.87. The Hall–Kier alpha value is -4.21. The second kappa shape index (κ2) is 11.3. The maximum atomic E-state index is 13.6. The van der Waals surface area contributed by atoms with Crippen molar-refractivity contribution in [1.29, 1.82) is 0 Å². The van der Waals surface area contributed by atoms with Crippen LogP contribution in [0.2, 0.25) is 0 Å². The van der Waals surface area contributed by atoms with E-state index in [0.29, 0.717) is 35.0 Å². The number of methoxy groups -OCH3 is 2. The zero-order valence-electron chi connectivity index (χ0n) is 22.5. The van der Waals surface area contributed by atoms with Crippen LogP contribution in [0.4, 0.5) is 17.1 Å². The topological polar surface area (TPSA) is 101 Å². The number of hydrogen-bond donors (Lipinski definition) is 2. The molecule has 0 saturated carbocycles. The molecule has 9 heteroatoms. The summed E-state index contributed by atoms with van der Waals surface area (Å²) in [6, 6.07) is 16.6. The minimum absolute atomic E-state index is 0.120. The van der Waals surface area contributed by atoms with Crippen molar-refractivity contribution in [2.24, 2.45) is 4.99 Å².